The molecule has 0 fully saturated rings. The minimum absolute atomic E-state index is 0. The minimum atomic E-state index is 0. The molecule has 37 valence electrons. The molecule has 0 rings (SSSR count). The van der Waals surface area contributed by atoms with E-state index in [1.807, 2.05) is 0 Å². The van der Waals surface area contributed by atoms with Crippen LogP contribution in [0.4, 0.5) is 0 Å². The van der Waals surface area contributed by atoms with Crippen LogP contribution in [0.25, 0.3) is 0 Å². The Hall–Kier alpha value is 2.01. The van der Waals surface area contributed by atoms with Gasteiger partial charge >= 0.3 is 0 Å². The molecule has 0 unspecified atom stereocenters. The zero-order chi connectivity index (χ0) is 0. The Kier molecular flexibility index (Phi) is 186. The minimum Gasteiger partial charge on any atom is 0 e. The van der Waals surface area contributed by atoms with E-state index in [-0.39, 0.29) is 66.8 Å². The Balaban J connectivity index is 0. The van der Waals surface area contributed by atoms with Gasteiger partial charge in [0, 0.05) is 66.8 Å². The molecule has 0 aromatic carbocycles. The normalized spacial score (nSPS) is 0. The fraction of sp³-hybridized carbons (Fsp3) is 0. The van der Waals surface area contributed by atoms with E-state index in [9.17, 15) is 0 Å². The average Bonchev–Trinajstić information content (AvgIpc) is 0. The first-order valence-electron chi connectivity index (χ1n) is 0. The molecule has 0 saturated heterocycles. The maximum atomic E-state index is 0. The molecule has 0 aliphatic heterocycles. The topological polar surface area (TPSA) is 0 Å². The molecule has 0 aromatic rings. The standard InChI is InChI=1S/Co.Fe.2Ni. The first-order chi connectivity index (χ1) is 0. The first kappa shape index (κ1) is 37.3. The Bertz CT molecular complexity index is 6.00. The molecule has 0 bridgehead atoms. The predicted molar refractivity (Wildman–Crippen MR) is 0 cm³/mol. The summed E-state index contributed by atoms with van der Waals surface area (Å²) in [5.74, 6) is 0. The van der Waals surface area contributed by atoms with Crippen molar-refractivity contribution in [2.24, 2.45) is 0 Å². The van der Waals surface area contributed by atoms with E-state index in [0.717, 1.165) is 0 Å². The second-order valence-corrected chi connectivity index (χ2v) is 0. The Morgan fingerprint density at radius 1 is 0.750 bits per heavy atom. The summed E-state index contributed by atoms with van der Waals surface area (Å²) >= 11 is 0. The van der Waals surface area contributed by atoms with Gasteiger partial charge in [0.25, 0.3) is 0 Å². The van der Waals surface area contributed by atoms with Gasteiger partial charge in [-0.05, 0) is 0 Å². The van der Waals surface area contributed by atoms with Gasteiger partial charge < -0.3 is 0 Å². The second-order valence-electron chi connectivity index (χ2n) is 0. The van der Waals surface area contributed by atoms with Gasteiger partial charge in [-0.2, -0.15) is 0 Å². The average molecular weight is 232 g/mol. The van der Waals surface area contributed by atoms with Crippen LogP contribution in [0.5, 0.6) is 0 Å². The summed E-state index contributed by atoms with van der Waals surface area (Å²) in [5, 5.41) is 0. The molecular weight excluding hydrogens is 232 g/mol. The molecule has 0 amide bonds. The summed E-state index contributed by atoms with van der Waals surface area (Å²) in [4.78, 5) is 0. The van der Waals surface area contributed by atoms with Crippen LogP contribution in [0.3, 0.4) is 0 Å². The number of hydrogen-bond acceptors (Lipinski definition) is 0. The van der Waals surface area contributed by atoms with E-state index in [4.69, 9.17) is 0 Å². The summed E-state index contributed by atoms with van der Waals surface area (Å²) < 4.78 is 0. The smallest absolute Gasteiger partial charge is 0 e. The van der Waals surface area contributed by atoms with Crippen molar-refractivity contribution < 1.29 is 66.8 Å². The molecule has 0 N–H and O–H groups in total. The van der Waals surface area contributed by atoms with Gasteiger partial charge in [0.2, 0.25) is 0 Å². The van der Waals surface area contributed by atoms with E-state index in [1.54, 1.807) is 0 Å². The molecule has 0 heterocycles. The molecule has 0 aliphatic rings. The van der Waals surface area contributed by atoms with Gasteiger partial charge in [-0.1, -0.05) is 0 Å². The van der Waals surface area contributed by atoms with Crippen LogP contribution in [0.15, 0.2) is 0 Å². The first-order valence-corrected chi connectivity index (χ1v) is 0. The van der Waals surface area contributed by atoms with Crippen LogP contribution in [0.1, 0.15) is 0 Å². The van der Waals surface area contributed by atoms with E-state index in [2.05, 4.69) is 0 Å². The molecule has 4 heteroatoms. The molecule has 0 aliphatic carbocycles. The van der Waals surface area contributed by atoms with E-state index in [0.29, 0.717) is 0 Å². The Labute approximate surface area is 66.4 Å². The third-order valence-corrected chi connectivity index (χ3v) is 0. The second kappa shape index (κ2) is 19.9. The third kappa shape index (κ3) is 8.99. The van der Waals surface area contributed by atoms with Crippen LogP contribution in [0, 0.1) is 0 Å². The Morgan fingerprint density at radius 3 is 0.750 bits per heavy atom. The van der Waals surface area contributed by atoms with E-state index < -0.39 is 0 Å². The van der Waals surface area contributed by atoms with E-state index in [1.165, 1.54) is 0 Å². The fourth-order valence-electron chi connectivity index (χ4n) is 0. The van der Waals surface area contributed by atoms with Gasteiger partial charge in [-0.25, -0.2) is 0 Å². The molecule has 4 heavy (non-hydrogen) atoms. The largest absolute Gasteiger partial charge is 0 e. The molecule has 0 spiro atoms. The van der Waals surface area contributed by atoms with Crippen molar-refractivity contribution in [3.8, 4) is 0 Å². The van der Waals surface area contributed by atoms with Crippen molar-refractivity contribution >= 4 is 0 Å². The van der Waals surface area contributed by atoms with Crippen LogP contribution in [-0.2, 0) is 66.8 Å². The predicted octanol–water partition coefficient (Wildman–Crippen LogP) is -0.0100. The van der Waals surface area contributed by atoms with Crippen molar-refractivity contribution in [2.45, 2.75) is 0 Å². The molecule has 0 aromatic heterocycles. The maximum absolute atomic E-state index is 0. The van der Waals surface area contributed by atoms with Gasteiger partial charge in [-0.15, -0.1) is 0 Å². The number of rotatable bonds is 0. The summed E-state index contributed by atoms with van der Waals surface area (Å²) in [5.41, 5.74) is 0. The Morgan fingerprint density at radius 2 is 0.750 bits per heavy atom. The summed E-state index contributed by atoms with van der Waals surface area (Å²) in [6.07, 6.45) is 0. The van der Waals surface area contributed by atoms with Crippen molar-refractivity contribution in [2.75, 3.05) is 0 Å². The molecule has 0 saturated carbocycles. The SMILES string of the molecule is [Co].[Fe].[Ni].[Ni]. The molecule has 0 atom stereocenters. The van der Waals surface area contributed by atoms with Gasteiger partial charge in [-0.3, -0.25) is 0 Å². The monoisotopic (exact) mass is 231 g/mol. The van der Waals surface area contributed by atoms with Crippen molar-refractivity contribution in [3.05, 3.63) is 0 Å². The van der Waals surface area contributed by atoms with Gasteiger partial charge in [0.1, 0.15) is 0 Å². The van der Waals surface area contributed by atoms with Crippen molar-refractivity contribution in [3.63, 3.8) is 0 Å². The van der Waals surface area contributed by atoms with Crippen LogP contribution >= 0.6 is 0 Å². The summed E-state index contributed by atoms with van der Waals surface area (Å²) in [6, 6.07) is 0. The summed E-state index contributed by atoms with van der Waals surface area (Å²) in [7, 11) is 0. The van der Waals surface area contributed by atoms with Crippen molar-refractivity contribution in [1.82, 2.24) is 0 Å². The van der Waals surface area contributed by atoms with E-state index >= 15 is 0 Å². The van der Waals surface area contributed by atoms with Crippen LogP contribution in [-0.4, -0.2) is 0 Å². The molecule has 0 nitrogen and oxygen atoms in total. The van der Waals surface area contributed by atoms with Crippen LogP contribution < -0.4 is 0 Å². The zero-order valence-electron chi connectivity index (χ0n) is 1.32. The fourth-order valence-corrected chi connectivity index (χ4v) is 0. The maximum Gasteiger partial charge on any atom is 0 e. The molecule has 1 radical (unpaired) electrons. The van der Waals surface area contributed by atoms with Gasteiger partial charge in [0.15, 0.2) is 0 Å². The zero-order valence-corrected chi connectivity index (χ0v) is 5.44. The quantitative estimate of drug-likeness (QED) is 0.515. The molecular formula is CoFeNi2. The third-order valence-electron chi connectivity index (χ3n) is 0. The van der Waals surface area contributed by atoms with Gasteiger partial charge in [0.05, 0.1) is 0 Å². The van der Waals surface area contributed by atoms with Crippen molar-refractivity contribution in [1.29, 1.82) is 0 Å². The summed E-state index contributed by atoms with van der Waals surface area (Å²) in [6.45, 7) is 0. The van der Waals surface area contributed by atoms with Crippen LogP contribution in [0.2, 0.25) is 0 Å². The number of hydrogen-bond donors (Lipinski definition) is 0.